The molecule has 128 valence electrons. The summed E-state index contributed by atoms with van der Waals surface area (Å²) in [5, 5.41) is 13.3. The first-order chi connectivity index (χ1) is 10.1. The van der Waals surface area contributed by atoms with Gasteiger partial charge < -0.3 is 31.3 Å². The third-order valence-corrected chi connectivity index (χ3v) is 3.98. The van der Waals surface area contributed by atoms with Crippen LogP contribution in [0.3, 0.4) is 0 Å². The van der Waals surface area contributed by atoms with Gasteiger partial charge in [-0.05, 0) is 19.8 Å². The van der Waals surface area contributed by atoms with Crippen molar-refractivity contribution in [3.63, 3.8) is 0 Å². The summed E-state index contributed by atoms with van der Waals surface area (Å²) < 4.78 is 10.9. The number of carbonyl (C=O) groups is 3. The van der Waals surface area contributed by atoms with Crippen molar-refractivity contribution in [2.75, 3.05) is 6.54 Å². The Bertz CT molecular complexity index is 451. The highest BCUT2D eigenvalue weighted by Gasteiger charge is 2.25. The van der Waals surface area contributed by atoms with Crippen molar-refractivity contribution in [1.29, 1.82) is 0 Å². The number of unbranched alkanes of at least 4 members (excludes halogenated alkanes) is 1. The first kappa shape index (κ1) is 20.5. The Hall–Kier alpha value is -1.48. The number of carbonyl (C=O) groups excluding carboxylic acids is 2. The van der Waals surface area contributed by atoms with Gasteiger partial charge in [0, 0.05) is 6.42 Å². The van der Waals surface area contributed by atoms with Crippen molar-refractivity contribution in [2.24, 2.45) is 5.73 Å². The molecule has 0 radical (unpaired) electrons. The van der Waals surface area contributed by atoms with Gasteiger partial charge in [-0.25, -0.2) is 4.79 Å². The zero-order chi connectivity index (χ0) is 17.3. The second-order valence-corrected chi connectivity index (χ2v) is 6.69. The van der Waals surface area contributed by atoms with Crippen LogP contribution in [0.2, 0.25) is 0 Å². The van der Waals surface area contributed by atoms with Crippen LogP contribution in [0.1, 0.15) is 32.6 Å². The van der Waals surface area contributed by atoms with Crippen molar-refractivity contribution in [1.82, 2.24) is 10.6 Å². The van der Waals surface area contributed by atoms with Gasteiger partial charge in [0.05, 0.1) is 6.54 Å². The van der Waals surface area contributed by atoms with Crippen LogP contribution in [-0.2, 0) is 18.9 Å². The molecule has 0 bridgehead atoms. The van der Waals surface area contributed by atoms with Crippen molar-refractivity contribution < 1.29 is 33.8 Å². The fraction of sp³-hybridized carbons (Fsp3) is 0.727. The fourth-order valence-electron chi connectivity index (χ4n) is 1.53. The monoisotopic (exact) mass is 339 g/mol. The summed E-state index contributed by atoms with van der Waals surface area (Å²) >= 11 is 0. The van der Waals surface area contributed by atoms with E-state index in [4.69, 9.17) is 20.6 Å². The summed E-state index contributed by atoms with van der Waals surface area (Å²) in [7, 11) is -4.37. The van der Waals surface area contributed by atoms with Crippen LogP contribution in [-0.4, -0.2) is 51.0 Å². The molecule has 0 aromatic carbocycles. The minimum atomic E-state index is -4.37. The van der Waals surface area contributed by atoms with E-state index in [1.807, 2.05) is 0 Å². The Labute approximate surface area is 127 Å². The van der Waals surface area contributed by atoms with Crippen molar-refractivity contribution in [3.8, 4) is 0 Å². The molecule has 0 saturated carbocycles. The zero-order valence-corrected chi connectivity index (χ0v) is 13.1. The van der Waals surface area contributed by atoms with E-state index in [9.17, 15) is 18.9 Å². The second-order valence-electron chi connectivity index (χ2n) is 4.74. The van der Waals surface area contributed by atoms with Crippen molar-refractivity contribution in [2.45, 2.75) is 44.4 Å². The second kappa shape index (κ2) is 9.52. The number of rotatable bonds is 10. The van der Waals surface area contributed by atoms with Gasteiger partial charge in [-0.2, -0.15) is 0 Å². The molecule has 10 nitrogen and oxygen atoms in total. The van der Waals surface area contributed by atoms with Crippen LogP contribution in [0.4, 0.5) is 0 Å². The predicted octanol–water partition coefficient (Wildman–Crippen LogP) is -1.29. The van der Waals surface area contributed by atoms with Crippen LogP contribution in [0, 0.1) is 0 Å². The van der Waals surface area contributed by atoms with Gasteiger partial charge in [-0.15, -0.1) is 0 Å². The lowest BCUT2D eigenvalue weighted by Crippen LogP contribution is -2.43. The number of amides is 2. The average Bonchev–Trinajstić information content (AvgIpc) is 2.40. The Kier molecular flexibility index (Phi) is 8.88. The molecule has 11 heteroatoms. The number of nitrogens with one attached hydrogen (secondary N) is 2. The van der Waals surface area contributed by atoms with E-state index in [0.717, 1.165) is 0 Å². The molecule has 0 aliphatic carbocycles. The molecule has 2 atom stereocenters. The van der Waals surface area contributed by atoms with Gasteiger partial charge in [0.15, 0.2) is 0 Å². The first-order valence-corrected chi connectivity index (χ1v) is 8.33. The summed E-state index contributed by atoms with van der Waals surface area (Å²) in [4.78, 5) is 51.1. The molecule has 0 aliphatic heterocycles. The highest BCUT2D eigenvalue weighted by Crippen LogP contribution is 2.39. The lowest BCUT2D eigenvalue weighted by atomic mass is 10.1. The lowest BCUT2D eigenvalue weighted by Gasteiger charge is -2.16. The molecule has 0 aliphatic rings. The Morgan fingerprint density at radius 2 is 1.73 bits per heavy atom. The maximum atomic E-state index is 11.4. The number of hydrogen-bond donors (Lipinski definition) is 6. The maximum Gasteiger partial charge on any atom is 0.347 e. The molecule has 0 rings (SSSR count). The quantitative estimate of drug-likeness (QED) is 0.210. The molecular formula is C11H22N3O7P. The molecule has 0 spiro atoms. The van der Waals surface area contributed by atoms with Crippen LogP contribution in [0.25, 0.3) is 0 Å². The molecule has 0 aromatic heterocycles. The summed E-state index contributed by atoms with van der Waals surface area (Å²) in [6.07, 6.45) is 0.797. The average molecular weight is 339 g/mol. The standard InChI is InChI=1S/C11H22N3O7P/c1-7(22(19,20)21)13-9(15)5-3-2-4-8(11(17)18)14-10(16)6-12/h7-8H,2-6,12H2,1H3,(H,13,15)(H,14,16)(H,17,18)(H2,19,20,21)/t7-,8-/m0/s1. The van der Waals surface area contributed by atoms with E-state index in [0.29, 0.717) is 12.8 Å². The highest BCUT2D eigenvalue weighted by atomic mass is 31.2. The van der Waals surface area contributed by atoms with Crippen LogP contribution < -0.4 is 16.4 Å². The van der Waals surface area contributed by atoms with Crippen molar-refractivity contribution >= 4 is 25.4 Å². The predicted molar refractivity (Wildman–Crippen MR) is 76.7 cm³/mol. The summed E-state index contributed by atoms with van der Waals surface area (Å²) in [6.45, 7) is 0.883. The minimum absolute atomic E-state index is 0.00150. The van der Waals surface area contributed by atoms with Gasteiger partial charge in [-0.3, -0.25) is 14.2 Å². The van der Waals surface area contributed by atoms with E-state index in [2.05, 4.69) is 10.6 Å². The number of carboxylic acid groups (broad SMARTS) is 1. The number of hydrogen-bond acceptors (Lipinski definition) is 5. The third kappa shape index (κ3) is 8.73. The lowest BCUT2D eigenvalue weighted by molar-refractivity contribution is -0.141. The summed E-state index contributed by atoms with van der Waals surface area (Å²) in [5.41, 5.74) is 5.07. The molecule has 0 fully saturated rings. The smallest absolute Gasteiger partial charge is 0.347 e. The number of carboxylic acids is 1. The van der Waals surface area contributed by atoms with Crippen LogP contribution in [0.5, 0.6) is 0 Å². The molecule has 22 heavy (non-hydrogen) atoms. The zero-order valence-electron chi connectivity index (χ0n) is 12.2. The van der Waals surface area contributed by atoms with Gasteiger partial charge in [0.1, 0.15) is 11.8 Å². The van der Waals surface area contributed by atoms with Crippen LogP contribution >= 0.6 is 7.60 Å². The topological polar surface area (TPSA) is 179 Å². The van der Waals surface area contributed by atoms with E-state index < -0.39 is 37.2 Å². The molecule has 0 heterocycles. The largest absolute Gasteiger partial charge is 0.480 e. The van der Waals surface area contributed by atoms with Gasteiger partial charge >= 0.3 is 13.6 Å². The minimum Gasteiger partial charge on any atom is -0.480 e. The third-order valence-electron chi connectivity index (χ3n) is 2.84. The van der Waals surface area contributed by atoms with E-state index in [-0.39, 0.29) is 19.4 Å². The molecule has 7 N–H and O–H groups in total. The van der Waals surface area contributed by atoms with Crippen molar-refractivity contribution in [3.05, 3.63) is 0 Å². The van der Waals surface area contributed by atoms with Gasteiger partial charge in [-0.1, -0.05) is 6.42 Å². The maximum absolute atomic E-state index is 11.4. The molecule has 0 unspecified atom stereocenters. The van der Waals surface area contributed by atoms with E-state index in [1.54, 1.807) is 0 Å². The number of aliphatic carboxylic acids is 1. The molecular weight excluding hydrogens is 317 g/mol. The summed E-state index contributed by atoms with van der Waals surface area (Å²) in [6, 6.07) is -1.08. The Morgan fingerprint density at radius 1 is 1.14 bits per heavy atom. The Balaban J connectivity index is 4.08. The first-order valence-electron chi connectivity index (χ1n) is 6.64. The SMILES string of the molecule is C[C@@H](NC(=O)CCCC[C@H](NC(=O)CN)C(=O)O)P(=O)(O)O. The fourth-order valence-corrected chi connectivity index (χ4v) is 1.85. The summed E-state index contributed by atoms with van der Waals surface area (Å²) in [5.74, 6) is -3.58. The van der Waals surface area contributed by atoms with E-state index in [1.165, 1.54) is 6.92 Å². The molecule has 0 aromatic rings. The van der Waals surface area contributed by atoms with Gasteiger partial charge in [0.2, 0.25) is 11.8 Å². The van der Waals surface area contributed by atoms with E-state index >= 15 is 0 Å². The highest BCUT2D eigenvalue weighted by molar-refractivity contribution is 7.52. The van der Waals surface area contributed by atoms with Crippen LogP contribution in [0.15, 0.2) is 0 Å². The molecule has 0 saturated heterocycles. The Morgan fingerprint density at radius 3 is 2.18 bits per heavy atom. The number of nitrogens with two attached hydrogens (primary N) is 1. The van der Waals surface area contributed by atoms with Gasteiger partial charge in [0.25, 0.3) is 0 Å². The normalized spacial score (nSPS) is 14.0. The molecule has 2 amide bonds.